The van der Waals surface area contributed by atoms with E-state index in [9.17, 15) is 9.59 Å². The van der Waals surface area contributed by atoms with Crippen molar-refractivity contribution in [2.45, 2.75) is 19.8 Å². The predicted molar refractivity (Wildman–Crippen MR) is 71.5 cm³/mol. The Labute approximate surface area is 109 Å². The second kappa shape index (κ2) is 4.94. The summed E-state index contributed by atoms with van der Waals surface area (Å²) in [6.07, 6.45) is 1.26. The number of nitrogens with one attached hydrogen (secondary N) is 1. The van der Waals surface area contributed by atoms with Crippen LogP contribution in [0.15, 0.2) is 40.1 Å². The highest BCUT2D eigenvalue weighted by Crippen LogP contribution is 2.17. The molecule has 2 aromatic rings. The maximum absolute atomic E-state index is 11.8. The summed E-state index contributed by atoms with van der Waals surface area (Å²) in [6.45, 7) is 4.10. The zero-order valence-electron chi connectivity index (χ0n) is 10.7. The maximum atomic E-state index is 11.8. The van der Waals surface area contributed by atoms with Gasteiger partial charge in [-0.15, -0.1) is 0 Å². The van der Waals surface area contributed by atoms with Gasteiger partial charge in [0.15, 0.2) is 0 Å². The topological polar surface area (TPSA) is 78.7 Å². The monoisotopic (exact) mass is 255 g/mol. The van der Waals surface area contributed by atoms with Gasteiger partial charge in [0.05, 0.1) is 5.69 Å². The van der Waals surface area contributed by atoms with Gasteiger partial charge in [-0.05, 0) is 23.6 Å². The molecule has 0 atom stereocenters. The number of hydrogen-bond donors (Lipinski definition) is 1. The number of H-pyrrole nitrogens is 1. The molecule has 0 spiro atoms. The van der Waals surface area contributed by atoms with Crippen LogP contribution in [0.5, 0.6) is 0 Å². The molecule has 0 aliphatic carbocycles. The van der Waals surface area contributed by atoms with E-state index in [1.165, 1.54) is 10.8 Å². The van der Waals surface area contributed by atoms with Crippen LogP contribution in [-0.2, 0) is 0 Å². The summed E-state index contributed by atoms with van der Waals surface area (Å²) >= 11 is 0. The van der Waals surface area contributed by atoms with Gasteiger partial charge >= 0.3 is 5.69 Å². The van der Waals surface area contributed by atoms with E-state index >= 15 is 0 Å². The number of nitriles is 1. The predicted octanol–water partition coefficient (Wildman–Crippen LogP) is 1.52. The van der Waals surface area contributed by atoms with Gasteiger partial charge in [0.25, 0.3) is 5.56 Å². The average molecular weight is 255 g/mol. The minimum Gasteiger partial charge on any atom is -0.273 e. The summed E-state index contributed by atoms with van der Waals surface area (Å²) in [5.41, 5.74) is 0.404. The summed E-state index contributed by atoms with van der Waals surface area (Å²) in [7, 11) is 0. The van der Waals surface area contributed by atoms with Crippen LogP contribution >= 0.6 is 0 Å². The summed E-state index contributed by atoms with van der Waals surface area (Å²) in [5.74, 6) is 0.328. The van der Waals surface area contributed by atoms with Crippen LogP contribution < -0.4 is 11.2 Å². The average Bonchev–Trinajstić information content (AvgIpc) is 2.39. The Kier molecular flexibility index (Phi) is 3.34. The number of aromatic amines is 1. The number of hydrogen-bond acceptors (Lipinski definition) is 3. The van der Waals surface area contributed by atoms with E-state index in [2.05, 4.69) is 18.8 Å². The van der Waals surface area contributed by atoms with Crippen molar-refractivity contribution in [3.63, 3.8) is 0 Å². The van der Waals surface area contributed by atoms with E-state index in [4.69, 9.17) is 5.26 Å². The number of rotatable bonds is 2. The fourth-order valence-electron chi connectivity index (χ4n) is 1.78. The quantitative estimate of drug-likeness (QED) is 0.883. The molecule has 1 N–H and O–H groups in total. The first-order chi connectivity index (χ1) is 9.02. The Balaban J connectivity index is 2.66. The molecule has 96 valence electrons. The summed E-state index contributed by atoms with van der Waals surface area (Å²) in [4.78, 5) is 25.3. The van der Waals surface area contributed by atoms with E-state index in [-0.39, 0.29) is 5.56 Å². The van der Waals surface area contributed by atoms with Gasteiger partial charge in [0.1, 0.15) is 11.6 Å². The van der Waals surface area contributed by atoms with Crippen LogP contribution in [0.1, 0.15) is 30.9 Å². The Morgan fingerprint density at radius 2 is 2.05 bits per heavy atom. The molecule has 19 heavy (non-hydrogen) atoms. The lowest BCUT2D eigenvalue weighted by Gasteiger charge is -2.09. The third kappa shape index (κ3) is 2.47. The Morgan fingerprint density at radius 1 is 1.32 bits per heavy atom. The fourth-order valence-corrected chi connectivity index (χ4v) is 1.78. The van der Waals surface area contributed by atoms with E-state index in [0.29, 0.717) is 11.6 Å². The third-order valence-corrected chi connectivity index (χ3v) is 2.88. The Morgan fingerprint density at radius 3 is 2.68 bits per heavy atom. The number of benzene rings is 1. The fraction of sp³-hybridized carbons (Fsp3) is 0.214. The lowest BCUT2D eigenvalue weighted by molar-refractivity contribution is 0.850. The van der Waals surface area contributed by atoms with E-state index < -0.39 is 11.2 Å². The van der Waals surface area contributed by atoms with E-state index in [1.54, 1.807) is 12.1 Å². The molecule has 0 bridgehead atoms. The summed E-state index contributed by atoms with van der Waals surface area (Å²) in [5, 5.41) is 8.84. The summed E-state index contributed by atoms with van der Waals surface area (Å²) < 4.78 is 1.27. The molecule has 0 aliphatic rings. The molecule has 0 fully saturated rings. The van der Waals surface area contributed by atoms with Crippen molar-refractivity contribution in [2.24, 2.45) is 0 Å². The van der Waals surface area contributed by atoms with E-state index in [1.807, 2.05) is 18.2 Å². The smallest absolute Gasteiger partial charge is 0.273 e. The van der Waals surface area contributed by atoms with Crippen molar-refractivity contribution in [1.82, 2.24) is 9.55 Å². The highest BCUT2D eigenvalue weighted by molar-refractivity contribution is 5.38. The van der Waals surface area contributed by atoms with Gasteiger partial charge in [-0.25, -0.2) is 4.79 Å². The number of nitrogens with zero attached hydrogens (tertiary/aromatic N) is 2. The lowest BCUT2D eigenvalue weighted by Crippen LogP contribution is -2.30. The zero-order chi connectivity index (χ0) is 14.0. The van der Waals surface area contributed by atoms with Gasteiger partial charge in [-0.3, -0.25) is 14.3 Å². The summed E-state index contributed by atoms with van der Waals surface area (Å²) in [6, 6.07) is 9.20. The highest BCUT2D eigenvalue weighted by Gasteiger charge is 2.07. The van der Waals surface area contributed by atoms with Crippen LogP contribution in [0, 0.1) is 11.3 Å². The van der Waals surface area contributed by atoms with Gasteiger partial charge in [0.2, 0.25) is 0 Å². The van der Waals surface area contributed by atoms with E-state index in [0.717, 1.165) is 5.56 Å². The number of aromatic nitrogens is 2. The van der Waals surface area contributed by atoms with Crippen LogP contribution in [0.2, 0.25) is 0 Å². The first kappa shape index (κ1) is 12.8. The first-order valence-electron chi connectivity index (χ1n) is 5.89. The van der Waals surface area contributed by atoms with Gasteiger partial charge in [0, 0.05) is 6.20 Å². The molecule has 0 radical (unpaired) electrons. The van der Waals surface area contributed by atoms with Crippen molar-refractivity contribution in [3.8, 4) is 11.8 Å². The minimum atomic E-state index is -0.663. The molecular formula is C14H13N3O2. The zero-order valence-corrected chi connectivity index (χ0v) is 10.7. The van der Waals surface area contributed by atoms with Crippen LogP contribution in [0.3, 0.4) is 0 Å². The molecule has 0 saturated heterocycles. The van der Waals surface area contributed by atoms with Crippen molar-refractivity contribution < 1.29 is 0 Å². The van der Waals surface area contributed by atoms with Crippen molar-refractivity contribution >= 4 is 0 Å². The van der Waals surface area contributed by atoms with Crippen LogP contribution in [0.25, 0.3) is 5.69 Å². The Bertz CT molecular complexity index is 763. The molecule has 1 aromatic carbocycles. The largest absolute Gasteiger partial charge is 0.332 e. The van der Waals surface area contributed by atoms with Gasteiger partial charge < -0.3 is 0 Å². The second-order valence-corrected chi connectivity index (χ2v) is 4.53. The van der Waals surface area contributed by atoms with Crippen LogP contribution in [0.4, 0.5) is 0 Å². The molecule has 5 heteroatoms. The maximum Gasteiger partial charge on any atom is 0.332 e. The molecule has 5 nitrogen and oxygen atoms in total. The molecule has 1 aromatic heterocycles. The van der Waals surface area contributed by atoms with Gasteiger partial charge in [-0.2, -0.15) is 5.26 Å². The first-order valence-corrected chi connectivity index (χ1v) is 5.89. The molecule has 1 heterocycles. The minimum absolute atomic E-state index is 0.0884. The van der Waals surface area contributed by atoms with Crippen molar-refractivity contribution in [1.29, 1.82) is 5.26 Å². The second-order valence-electron chi connectivity index (χ2n) is 4.53. The third-order valence-electron chi connectivity index (χ3n) is 2.88. The lowest BCUT2D eigenvalue weighted by atomic mass is 10.0. The van der Waals surface area contributed by atoms with Gasteiger partial charge in [-0.1, -0.05) is 26.0 Å². The Hall–Kier alpha value is -2.61. The molecule has 0 saturated carbocycles. The molecule has 2 rings (SSSR count). The SMILES string of the molecule is CC(C)c1cccc(-n2cc(C#N)c(=O)[nH]c2=O)c1. The van der Waals surface area contributed by atoms with Crippen molar-refractivity contribution in [2.75, 3.05) is 0 Å². The molecular weight excluding hydrogens is 242 g/mol. The molecule has 0 aliphatic heterocycles. The van der Waals surface area contributed by atoms with Crippen LogP contribution in [-0.4, -0.2) is 9.55 Å². The standard InChI is InChI=1S/C14H13N3O2/c1-9(2)10-4-3-5-12(6-10)17-8-11(7-15)13(18)16-14(17)19/h3-6,8-9H,1-2H3,(H,16,18,19). The molecule has 0 unspecified atom stereocenters. The normalized spacial score (nSPS) is 10.4. The van der Waals surface area contributed by atoms with Crippen molar-refractivity contribution in [3.05, 3.63) is 62.4 Å². The highest BCUT2D eigenvalue weighted by atomic mass is 16.2. The molecule has 0 amide bonds.